The maximum absolute atomic E-state index is 11.8. The first-order valence-corrected chi connectivity index (χ1v) is 6.21. The highest BCUT2D eigenvalue weighted by atomic mass is 35.5. The number of halogens is 1. The quantitative estimate of drug-likeness (QED) is 0.912. The number of aliphatic carboxylic acids is 1. The summed E-state index contributed by atoms with van der Waals surface area (Å²) in [5.41, 5.74) is 2.26. The smallest absolute Gasteiger partial charge is 0.303 e. The van der Waals surface area contributed by atoms with Crippen molar-refractivity contribution in [3.8, 4) is 0 Å². The molecular weight excluding hydrogens is 254 g/mol. The highest BCUT2D eigenvalue weighted by molar-refractivity contribution is 6.30. The summed E-state index contributed by atoms with van der Waals surface area (Å²) in [5.74, 6) is -1.04. The number of hydrogen-bond donors (Lipinski definition) is 1. The van der Waals surface area contributed by atoms with Gasteiger partial charge in [-0.25, -0.2) is 0 Å². The molecule has 0 radical (unpaired) electrons. The molecule has 1 N–H and O–H groups in total. The van der Waals surface area contributed by atoms with E-state index >= 15 is 0 Å². The molecule has 5 heteroatoms. The van der Waals surface area contributed by atoms with E-state index < -0.39 is 5.97 Å². The molecule has 0 aliphatic carbocycles. The molecule has 0 fully saturated rings. The molecule has 1 heterocycles. The highest BCUT2D eigenvalue weighted by Gasteiger charge is 2.20. The molecule has 1 amide bonds. The van der Waals surface area contributed by atoms with Crippen LogP contribution in [0.25, 0.3) is 0 Å². The Morgan fingerprint density at radius 3 is 2.78 bits per heavy atom. The summed E-state index contributed by atoms with van der Waals surface area (Å²) in [7, 11) is 0. The fourth-order valence-electron chi connectivity index (χ4n) is 2.11. The van der Waals surface area contributed by atoms with E-state index in [0.29, 0.717) is 18.1 Å². The van der Waals surface area contributed by atoms with Gasteiger partial charge >= 0.3 is 5.97 Å². The van der Waals surface area contributed by atoms with Crippen molar-refractivity contribution in [2.24, 2.45) is 0 Å². The predicted octanol–water partition coefficient (Wildman–Crippen LogP) is 2.09. The van der Waals surface area contributed by atoms with Crippen LogP contribution in [0.2, 0.25) is 5.02 Å². The Labute approximate surface area is 110 Å². The van der Waals surface area contributed by atoms with Crippen LogP contribution in [0.5, 0.6) is 0 Å². The lowest BCUT2D eigenvalue weighted by Gasteiger charge is -2.29. The molecule has 0 saturated carbocycles. The van der Waals surface area contributed by atoms with Crippen LogP contribution < -0.4 is 0 Å². The van der Waals surface area contributed by atoms with Gasteiger partial charge in [-0.3, -0.25) is 9.59 Å². The maximum atomic E-state index is 11.8. The van der Waals surface area contributed by atoms with E-state index in [2.05, 4.69) is 0 Å². The minimum Gasteiger partial charge on any atom is -0.481 e. The highest BCUT2D eigenvalue weighted by Crippen LogP contribution is 2.23. The normalized spacial score (nSPS) is 14.2. The van der Waals surface area contributed by atoms with Crippen molar-refractivity contribution < 1.29 is 14.7 Å². The number of carbonyl (C=O) groups excluding carboxylic acids is 1. The summed E-state index contributed by atoms with van der Waals surface area (Å²) >= 11 is 5.91. The largest absolute Gasteiger partial charge is 0.481 e. The van der Waals surface area contributed by atoms with E-state index in [4.69, 9.17) is 16.7 Å². The van der Waals surface area contributed by atoms with Crippen molar-refractivity contribution in [2.45, 2.75) is 25.8 Å². The molecule has 0 aromatic heterocycles. The molecule has 0 bridgehead atoms. The molecule has 18 heavy (non-hydrogen) atoms. The van der Waals surface area contributed by atoms with E-state index in [1.807, 2.05) is 18.2 Å². The van der Waals surface area contributed by atoms with Gasteiger partial charge in [-0.2, -0.15) is 0 Å². The van der Waals surface area contributed by atoms with Crippen LogP contribution in [0, 0.1) is 0 Å². The monoisotopic (exact) mass is 267 g/mol. The van der Waals surface area contributed by atoms with Gasteiger partial charge in [-0.05, 0) is 29.7 Å². The molecule has 1 aromatic rings. The van der Waals surface area contributed by atoms with Crippen LogP contribution in [-0.4, -0.2) is 28.4 Å². The van der Waals surface area contributed by atoms with Gasteiger partial charge in [0.1, 0.15) is 0 Å². The van der Waals surface area contributed by atoms with Gasteiger partial charge in [0.2, 0.25) is 5.91 Å². The zero-order valence-corrected chi connectivity index (χ0v) is 10.6. The molecule has 0 atom stereocenters. The van der Waals surface area contributed by atoms with Crippen LogP contribution in [0.3, 0.4) is 0 Å². The average molecular weight is 268 g/mol. The molecule has 96 valence electrons. The first kappa shape index (κ1) is 12.9. The summed E-state index contributed by atoms with van der Waals surface area (Å²) in [5, 5.41) is 9.27. The fraction of sp³-hybridized carbons (Fsp3) is 0.385. The maximum Gasteiger partial charge on any atom is 0.303 e. The lowest BCUT2D eigenvalue weighted by Crippen LogP contribution is -2.36. The number of nitrogens with zero attached hydrogens (tertiary/aromatic N) is 1. The summed E-state index contributed by atoms with van der Waals surface area (Å²) in [6, 6.07) is 5.66. The zero-order chi connectivity index (χ0) is 13.1. The number of amides is 1. The second-order valence-corrected chi connectivity index (χ2v) is 4.81. The van der Waals surface area contributed by atoms with Gasteiger partial charge in [-0.1, -0.05) is 17.7 Å². The van der Waals surface area contributed by atoms with Crippen LogP contribution in [0.4, 0.5) is 0 Å². The third-order valence-corrected chi connectivity index (χ3v) is 3.32. The molecular formula is C13H14ClNO3. The Morgan fingerprint density at radius 2 is 2.06 bits per heavy atom. The van der Waals surface area contributed by atoms with Crippen molar-refractivity contribution in [2.75, 3.05) is 6.54 Å². The lowest BCUT2D eigenvalue weighted by molar-refractivity contribution is -0.141. The Bertz CT molecular complexity index is 487. The number of rotatable bonds is 3. The second-order valence-electron chi connectivity index (χ2n) is 4.37. The number of carbonyl (C=O) groups is 2. The molecule has 2 rings (SSSR count). The Hall–Kier alpha value is -1.55. The summed E-state index contributed by atoms with van der Waals surface area (Å²) in [6.45, 7) is 1.18. The molecule has 1 aliphatic heterocycles. The van der Waals surface area contributed by atoms with E-state index in [1.165, 1.54) is 5.56 Å². The van der Waals surface area contributed by atoms with E-state index in [1.54, 1.807) is 4.90 Å². The van der Waals surface area contributed by atoms with E-state index in [9.17, 15) is 9.59 Å². The lowest BCUT2D eigenvalue weighted by atomic mass is 9.99. The van der Waals surface area contributed by atoms with Crippen molar-refractivity contribution in [1.82, 2.24) is 4.90 Å². The van der Waals surface area contributed by atoms with Gasteiger partial charge in [-0.15, -0.1) is 0 Å². The number of carboxylic acids is 1. The van der Waals surface area contributed by atoms with Gasteiger partial charge in [0.05, 0.1) is 6.42 Å². The van der Waals surface area contributed by atoms with Crippen molar-refractivity contribution in [1.29, 1.82) is 0 Å². The van der Waals surface area contributed by atoms with Crippen LogP contribution in [-0.2, 0) is 22.6 Å². The summed E-state index contributed by atoms with van der Waals surface area (Å²) < 4.78 is 0. The summed E-state index contributed by atoms with van der Waals surface area (Å²) in [6.07, 6.45) is 0.732. The van der Waals surface area contributed by atoms with Gasteiger partial charge in [0.15, 0.2) is 0 Å². The number of benzene rings is 1. The summed E-state index contributed by atoms with van der Waals surface area (Å²) in [4.78, 5) is 24.0. The van der Waals surface area contributed by atoms with Crippen LogP contribution in [0.1, 0.15) is 24.0 Å². The number of carboxylic acid groups (broad SMARTS) is 1. The van der Waals surface area contributed by atoms with Gasteiger partial charge in [0, 0.05) is 24.5 Å². The Balaban J connectivity index is 2.01. The SMILES string of the molecule is O=C(O)CCC(=O)N1CCc2cc(Cl)ccc2C1. The molecule has 4 nitrogen and oxygen atoms in total. The van der Waals surface area contributed by atoms with Crippen molar-refractivity contribution in [3.63, 3.8) is 0 Å². The predicted molar refractivity (Wildman–Crippen MR) is 67.4 cm³/mol. The average Bonchev–Trinajstić information content (AvgIpc) is 2.35. The fourth-order valence-corrected chi connectivity index (χ4v) is 2.30. The number of hydrogen-bond acceptors (Lipinski definition) is 2. The van der Waals surface area contributed by atoms with E-state index in [-0.39, 0.29) is 18.7 Å². The molecule has 1 aliphatic rings. The van der Waals surface area contributed by atoms with Gasteiger partial charge < -0.3 is 10.0 Å². The first-order chi connectivity index (χ1) is 8.56. The van der Waals surface area contributed by atoms with Gasteiger partial charge in [0.25, 0.3) is 0 Å². The third-order valence-electron chi connectivity index (χ3n) is 3.09. The van der Waals surface area contributed by atoms with Crippen molar-refractivity contribution >= 4 is 23.5 Å². The zero-order valence-electron chi connectivity index (χ0n) is 9.86. The first-order valence-electron chi connectivity index (χ1n) is 5.83. The minimum atomic E-state index is -0.937. The van der Waals surface area contributed by atoms with Crippen LogP contribution >= 0.6 is 11.6 Å². The van der Waals surface area contributed by atoms with Crippen LogP contribution in [0.15, 0.2) is 18.2 Å². The molecule has 0 saturated heterocycles. The third kappa shape index (κ3) is 3.01. The molecule has 1 aromatic carbocycles. The second kappa shape index (κ2) is 5.40. The molecule has 0 spiro atoms. The van der Waals surface area contributed by atoms with E-state index in [0.717, 1.165) is 12.0 Å². The van der Waals surface area contributed by atoms with Crippen molar-refractivity contribution in [3.05, 3.63) is 34.3 Å². The standard InChI is InChI=1S/C13H14ClNO3/c14-11-2-1-10-8-15(6-5-9(10)7-11)12(16)3-4-13(17)18/h1-2,7H,3-6,8H2,(H,17,18). The number of fused-ring (bicyclic) bond motifs is 1. The molecule has 0 unspecified atom stereocenters. The minimum absolute atomic E-state index is 0.0677. The topological polar surface area (TPSA) is 57.6 Å². The Kier molecular flexibility index (Phi) is 3.87. The Morgan fingerprint density at radius 1 is 1.28 bits per heavy atom.